The van der Waals surface area contributed by atoms with E-state index in [0.717, 1.165) is 19.3 Å². The Morgan fingerprint density at radius 3 is 1.90 bits per heavy atom. The Bertz CT molecular complexity index is 349. The number of hydrogen-bond donors (Lipinski definition) is 1. The van der Waals surface area contributed by atoms with E-state index in [2.05, 4.69) is 23.7 Å². The van der Waals surface area contributed by atoms with Crippen LogP contribution in [0.15, 0.2) is 0 Å². The number of rotatable bonds is 11. The average molecular weight is 276 g/mol. The van der Waals surface area contributed by atoms with Crippen LogP contribution in [0.5, 0.6) is 0 Å². The molecule has 0 unspecified atom stereocenters. The Balaban J connectivity index is 3.10. The summed E-state index contributed by atoms with van der Waals surface area (Å²) >= 11 is 0. The molecule has 0 aromatic carbocycles. The summed E-state index contributed by atoms with van der Waals surface area (Å²) in [6.45, 7) is 1.84. The molecule has 2 heteroatoms. The Labute approximate surface area is 124 Å². The molecule has 0 fully saturated rings. The van der Waals surface area contributed by atoms with Crippen LogP contribution < -0.4 is 0 Å². The standard InChI is InChI=1S/C18H28O2/c1-2-3-4-5-6-7-8-9-10-11-12-13-14-15-16-17-18(19)20/h4,7-17H2,1H3,(H,19,20). The van der Waals surface area contributed by atoms with E-state index in [1.54, 1.807) is 0 Å². The van der Waals surface area contributed by atoms with E-state index in [9.17, 15) is 4.79 Å². The lowest BCUT2D eigenvalue weighted by Crippen LogP contribution is -1.93. The maximum Gasteiger partial charge on any atom is 0.303 e. The molecule has 0 radical (unpaired) electrons. The van der Waals surface area contributed by atoms with Crippen molar-refractivity contribution >= 4 is 5.97 Å². The molecule has 0 aliphatic rings. The van der Waals surface area contributed by atoms with Gasteiger partial charge in [0.05, 0.1) is 6.42 Å². The second kappa shape index (κ2) is 15.6. The smallest absolute Gasteiger partial charge is 0.303 e. The first kappa shape index (κ1) is 18.6. The zero-order valence-electron chi connectivity index (χ0n) is 12.8. The largest absolute Gasteiger partial charge is 0.481 e. The van der Waals surface area contributed by atoms with Crippen molar-refractivity contribution in [2.75, 3.05) is 0 Å². The third-order valence-corrected chi connectivity index (χ3v) is 3.17. The minimum absolute atomic E-state index is 0.324. The van der Waals surface area contributed by atoms with Gasteiger partial charge in [0.15, 0.2) is 0 Å². The fourth-order valence-electron chi connectivity index (χ4n) is 2.01. The first-order valence-electron chi connectivity index (χ1n) is 7.84. The zero-order chi connectivity index (χ0) is 14.9. The number of hydrogen-bond acceptors (Lipinski definition) is 1. The molecule has 0 saturated heterocycles. The van der Waals surface area contributed by atoms with Crippen molar-refractivity contribution in [3.8, 4) is 23.7 Å². The molecule has 0 heterocycles. The molecule has 0 atom stereocenters. The van der Waals surface area contributed by atoms with Crippen LogP contribution in [0.4, 0.5) is 0 Å². The Morgan fingerprint density at radius 2 is 1.35 bits per heavy atom. The molecular formula is C18H28O2. The van der Waals surface area contributed by atoms with Gasteiger partial charge in [-0.3, -0.25) is 4.79 Å². The predicted molar refractivity (Wildman–Crippen MR) is 84.3 cm³/mol. The van der Waals surface area contributed by atoms with Crippen LogP contribution in [-0.4, -0.2) is 11.1 Å². The fourth-order valence-corrected chi connectivity index (χ4v) is 2.01. The summed E-state index contributed by atoms with van der Waals surface area (Å²) in [5.74, 6) is 11.3. The molecular weight excluding hydrogens is 248 g/mol. The van der Waals surface area contributed by atoms with Crippen molar-refractivity contribution in [1.82, 2.24) is 0 Å². The van der Waals surface area contributed by atoms with E-state index >= 15 is 0 Å². The SMILES string of the molecule is CC#CCC#CCCCCCCCCCCCC(=O)O. The van der Waals surface area contributed by atoms with Gasteiger partial charge in [-0.2, -0.15) is 0 Å². The van der Waals surface area contributed by atoms with Crippen LogP contribution >= 0.6 is 0 Å². The summed E-state index contributed by atoms with van der Waals surface area (Å²) in [5.41, 5.74) is 0. The molecule has 0 rings (SSSR count). The van der Waals surface area contributed by atoms with E-state index in [1.165, 1.54) is 44.9 Å². The van der Waals surface area contributed by atoms with Crippen LogP contribution in [0.3, 0.4) is 0 Å². The topological polar surface area (TPSA) is 37.3 Å². The minimum Gasteiger partial charge on any atom is -0.481 e. The van der Waals surface area contributed by atoms with Gasteiger partial charge in [0, 0.05) is 12.8 Å². The fraction of sp³-hybridized carbons (Fsp3) is 0.722. The van der Waals surface area contributed by atoms with Gasteiger partial charge < -0.3 is 5.11 Å². The van der Waals surface area contributed by atoms with Crippen LogP contribution in [0.25, 0.3) is 0 Å². The van der Waals surface area contributed by atoms with Gasteiger partial charge in [-0.25, -0.2) is 0 Å². The number of unbranched alkanes of at least 4 members (excludes halogenated alkanes) is 9. The lowest BCUT2D eigenvalue weighted by molar-refractivity contribution is -0.137. The van der Waals surface area contributed by atoms with Crippen LogP contribution in [0.2, 0.25) is 0 Å². The van der Waals surface area contributed by atoms with Gasteiger partial charge in [0.25, 0.3) is 0 Å². The van der Waals surface area contributed by atoms with E-state index in [1.807, 2.05) is 6.92 Å². The predicted octanol–water partition coefficient (Wildman–Crippen LogP) is 4.78. The van der Waals surface area contributed by atoms with Crippen LogP contribution in [-0.2, 0) is 4.79 Å². The Kier molecular flexibility index (Phi) is 14.5. The van der Waals surface area contributed by atoms with Crippen molar-refractivity contribution in [3.63, 3.8) is 0 Å². The van der Waals surface area contributed by atoms with Gasteiger partial charge in [-0.1, -0.05) is 56.8 Å². The summed E-state index contributed by atoms with van der Waals surface area (Å²) < 4.78 is 0. The van der Waals surface area contributed by atoms with Gasteiger partial charge in [-0.05, 0) is 19.8 Å². The van der Waals surface area contributed by atoms with E-state index in [-0.39, 0.29) is 0 Å². The highest BCUT2D eigenvalue weighted by atomic mass is 16.4. The van der Waals surface area contributed by atoms with E-state index < -0.39 is 5.97 Å². The Morgan fingerprint density at radius 1 is 0.800 bits per heavy atom. The quantitative estimate of drug-likeness (QED) is 0.435. The van der Waals surface area contributed by atoms with Crippen LogP contribution in [0, 0.1) is 23.7 Å². The van der Waals surface area contributed by atoms with Crippen molar-refractivity contribution in [2.45, 2.75) is 84.0 Å². The maximum absolute atomic E-state index is 10.3. The minimum atomic E-state index is -0.671. The first-order valence-corrected chi connectivity index (χ1v) is 7.84. The number of carboxylic acid groups (broad SMARTS) is 1. The lowest BCUT2D eigenvalue weighted by atomic mass is 10.1. The third kappa shape index (κ3) is 16.6. The van der Waals surface area contributed by atoms with Gasteiger partial charge in [-0.15, -0.1) is 11.8 Å². The maximum atomic E-state index is 10.3. The molecule has 0 aliphatic carbocycles. The molecule has 112 valence electrons. The highest BCUT2D eigenvalue weighted by Crippen LogP contribution is 2.11. The average Bonchev–Trinajstić information content (AvgIpc) is 2.43. The van der Waals surface area contributed by atoms with E-state index in [0.29, 0.717) is 12.8 Å². The van der Waals surface area contributed by atoms with Crippen LogP contribution in [0.1, 0.15) is 84.0 Å². The molecule has 0 aromatic heterocycles. The summed E-state index contributed by atoms with van der Waals surface area (Å²) in [6.07, 6.45) is 12.7. The first-order chi connectivity index (χ1) is 9.77. The third-order valence-electron chi connectivity index (χ3n) is 3.17. The number of carbonyl (C=O) groups is 1. The number of aliphatic carboxylic acids is 1. The normalized spacial score (nSPS) is 9.25. The second-order valence-electron chi connectivity index (χ2n) is 5.03. The molecule has 0 amide bonds. The van der Waals surface area contributed by atoms with E-state index in [4.69, 9.17) is 5.11 Å². The van der Waals surface area contributed by atoms with Crippen molar-refractivity contribution in [2.24, 2.45) is 0 Å². The molecule has 0 aliphatic heterocycles. The van der Waals surface area contributed by atoms with Gasteiger partial charge in [0.1, 0.15) is 0 Å². The van der Waals surface area contributed by atoms with Crippen molar-refractivity contribution in [3.05, 3.63) is 0 Å². The molecule has 2 nitrogen and oxygen atoms in total. The second-order valence-corrected chi connectivity index (χ2v) is 5.03. The molecule has 1 N–H and O–H groups in total. The summed E-state index contributed by atoms with van der Waals surface area (Å²) in [6, 6.07) is 0. The molecule has 0 bridgehead atoms. The van der Waals surface area contributed by atoms with Crippen molar-refractivity contribution < 1.29 is 9.90 Å². The monoisotopic (exact) mass is 276 g/mol. The molecule has 20 heavy (non-hydrogen) atoms. The van der Waals surface area contributed by atoms with Crippen molar-refractivity contribution in [1.29, 1.82) is 0 Å². The van der Waals surface area contributed by atoms with Gasteiger partial charge >= 0.3 is 5.97 Å². The zero-order valence-corrected chi connectivity index (χ0v) is 12.8. The molecule has 0 spiro atoms. The summed E-state index contributed by atoms with van der Waals surface area (Å²) in [4.78, 5) is 10.3. The lowest BCUT2D eigenvalue weighted by Gasteiger charge is -2.01. The highest BCUT2D eigenvalue weighted by molar-refractivity contribution is 5.66. The van der Waals surface area contributed by atoms with Gasteiger partial charge in [0.2, 0.25) is 0 Å². The molecule has 0 aromatic rings. The Hall–Kier alpha value is -1.41. The number of carboxylic acids is 1. The molecule has 0 saturated carbocycles. The summed E-state index contributed by atoms with van der Waals surface area (Å²) in [7, 11) is 0. The highest BCUT2D eigenvalue weighted by Gasteiger charge is 1.96. The summed E-state index contributed by atoms with van der Waals surface area (Å²) in [5, 5.41) is 8.50.